The van der Waals surface area contributed by atoms with Crippen molar-refractivity contribution in [3.05, 3.63) is 46.9 Å². The molecule has 0 unspecified atom stereocenters. The fourth-order valence-electron chi connectivity index (χ4n) is 3.81. The van der Waals surface area contributed by atoms with Crippen LogP contribution in [0.1, 0.15) is 34.4 Å². The van der Waals surface area contributed by atoms with Crippen molar-refractivity contribution in [2.45, 2.75) is 58.5 Å². The predicted octanol–water partition coefficient (Wildman–Crippen LogP) is 4.23. The SMILES string of the molecule is CC(=O)c1ccc(Cc2cc3c(cc2C)[Si](C)(C)CC[Si]3(C)C)o1. The lowest BCUT2D eigenvalue weighted by atomic mass is 10.0. The van der Waals surface area contributed by atoms with Gasteiger partial charge in [0.15, 0.2) is 11.5 Å². The van der Waals surface area contributed by atoms with Gasteiger partial charge in [-0.3, -0.25) is 4.79 Å². The number of ketones is 1. The fraction of sp³-hybridized carbons (Fsp3) is 0.450. The number of hydrogen-bond donors (Lipinski definition) is 0. The van der Waals surface area contributed by atoms with Crippen LogP contribution in [0.15, 0.2) is 28.7 Å². The van der Waals surface area contributed by atoms with Gasteiger partial charge < -0.3 is 4.42 Å². The third kappa shape index (κ3) is 3.09. The first-order valence-electron chi connectivity index (χ1n) is 8.84. The van der Waals surface area contributed by atoms with Crippen molar-refractivity contribution in [2.75, 3.05) is 0 Å². The van der Waals surface area contributed by atoms with Gasteiger partial charge in [-0.25, -0.2) is 0 Å². The van der Waals surface area contributed by atoms with Gasteiger partial charge in [0.25, 0.3) is 0 Å². The van der Waals surface area contributed by atoms with Gasteiger partial charge in [-0.15, -0.1) is 0 Å². The highest BCUT2D eigenvalue weighted by Crippen LogP contribution is 2.27. The summed E-state index contributed by atoms with van der Waals surface area (Å²) in [5.74, 6) is 1.34. The van der Waals surface area contributed by atoms with Crippen LogP contribution in [0.2, 0.25) is 38.3 Å². The molecule has 1 aromatic carbocycles. The molecule has 1 aromatic heterocycles. The lowest BCUT2D eigenvalue weighted by molar-refractivity contribution is 0.0985. The molecular weight excluding hydrogens is 328 g/mol. The maximum atomic E-state index is 11.4. The Morgan fingerprint density at radius 3 is 2.17 bits per heavy atom. The molecular formula is C20H28O2Si2. The van der Waals surface area contributed by atoms with Gasteiger partial charge in [0.1, 0.15) is 5.76 Å². The number of hydrogen-bond acceptors (Lipinski definition) is 2. The van der Waals surface area contributed by atoms with E-state index in [4.69, 9.17) is 4.42 Å². The van der Waals surface area contributed by atoms with Gasteiger partial charge in [0.05, 0.1) is 16.1 Å². The molecule has 1 aliphatic rings. The zero-order valence-corrected chi connectivity index (χ0v) is 17.7. The highest BCUT2D eigenvalue weighted by atomic mass is 28.3. The molecule has 0 N–H and O–H groups in total. The van der Waals surface area contributed by atoms with Crippen molar-refractivity contribution in [2.24, 2.45) is 0 Å². The minimum atomic E-state index is -1.33. The summed E-state index contributed by atoms with van der Waals surface area (Å²) in [5.41, 5.74) is 2.72. The van der Waals surface area contributed by atoms with Gasteiger partial charge in [-0.1, -0.05) is 60.8 Å². The molecule has 2 heterocycles. The molecule has 0 amide bonds. The molecule has 24 heavy (non-hydrogen) atoms. The quantitative estimate of drug-likeness (QED) is 0.609. The zero-order chi connectivity index (χ0) is 17.7. The third-order valence-corrected chi connectivity index (χ3v) is 13.2. The second-order valence-electron chi connectivity index (χ2n) is 8.59. The first-order valence-corrected chi connectivity index (χ1v) is 15.3. The molecule has 0 atom stereocenters. The topological polar surface area (TPSA) is 30.2 Å². The molecule has 4 heteroatoms. The number of fused-ring (bicyclic) bond motifs is 1. The molecule has 0 fully saturated rings. The van der Waals surface area contributed by atoms with Crippen molar-refractivity contribution in [1.29, 1.82) is 0 Å². The smallest absolute Gasteiger partial charge is 0.194 e. The van der Waals surface area contributed by atoms with Crippen molar-refractivity contribution in [1.82, 2.24) is 0 Å². The highest BCUT2D eigenvalue weighted by molar-refractivity contribution is 7.03. The van der Waals surface area contributed by atoms with Crippen molar-refractivity contribution >= 4 is 32.3 Å². The van der Waals surface area contributed by atoms with Crippen molar-refractivity contribution in [3.63, 3.8) is 0 Å². The molecule has 2 nitrogen and oxygen atoms in total. The van der Waals surface area contributed by atoms with Crippen LogP contribution in [0.4, 0.5) is 0 Å². The van der Waals surface area contributed by atoms with Gasteiger partial charge in [-0.2, -0.15) is 0 Å². The average Bonchev–Trinajstić information content (AvgIpc) is 2.94. The summed E-state index contributed by atoms with van der Waals surface area (Å²) >= 11 is 0. The molecule has 0 aliphatic carbocycles. The summed E-state index contributed by atoms with van der Waals surface area (Å²) in [7, 11) is -2.62. The van der Waals surface area contributed by atoms with Crippen LogP contribution in [-0.4, -0.2) is 21.9 Å². The Balaban J connectivity index is 2.02. The first kappa shape index (κ1) is 17.4. The summed E-state index contributed by atoms with van der Waals surface area (Å²) < 4.78 is 5.71. The minimum Gasteiger partial charge on any atom is -0.458 e. The fourth-order valence-corrected chi connectivity index (χ4v) is 14.2. The maximum Gasteiger partial charge on any atom is 0.194 e. The third-order valence-electron chi connectivity index (χ3n) is 5.68. The van der Waals surface area contributed by atoms with Gasteiger partial charge in [0, 0.05) is 13.3 Å². The largest absolute Gasteiger partial charge is 0.458 e. The van der Waals surface area contributed by atoms with Gasteiger partial charge in [-0.05, 0) is 30.2 Å². The summed E-state index contributed by atoms with van der Waals surface area (Å²) in [6.45, 7) is 13.8. The summed E-state index contributed by atoms with van der Waals surface area (Å²) in [6, 6.07) is 11.5. The maximum absolute atomic E-state index is 11.4. The number of rotatable bonds is 3. The monoisotopic (exact) mass is 356 g/mol. The van der Waals surface area contributed by atoms with Crippen LogP contribution in [0, 0.1) is 6.92 Å². The van der Waals surface area contributed by atoms with Crippen LogP contribution < -0.4 is 10.4 Å². The number of carbonyl (C=O) groups excluding carboxylic acids is 1. The summed E-state index contributed by atoms with van der Waals surface area (Å²) in [6.07, 6.45) is 0.777. The number of benzene rings is 1. The van der Waals surface area contributed by atoms with E-state index in [1.54, 1.807) is 23.4 Å². The van der Waals surface area contributed by atoms with E-state index in [1.165, 1.54) is 23.2 Å². The molecule has 0 spiro atoms. The van der Waals surface area contributed by atoms with E-state index < -0.39 is 16.1 Å². The standard InChI is InChI=1S/C20H28O2Si2/c1-14-11-19-20(24(5,6)10-9-23(19,3)4)13-16(14)12-17-7-8-18(22-17)15(2)21/h7-8,11,13H,9-10,12H2,1-6H3. The molecule has 128 valence electrons. The van der Waals surface area contributed by atoms with Crippen LogP contribution in [0.5, 0.6) is 0 Å². The molecule has 0 bridgehead atoms. The Kier molecular flexibility index (Phi) is 4.25. The van der Waals surface area contributed by atoms with Crippen LogP contribution in [0.25, 0.3) is 0 Å². The lowest BCUT2D eigenvalue weighted by Gasteiger charge is -2.40. The predicted molar refractivity (Wildman–Crippen MR) is 107 cm³/mol. The second kappa shape index (κ2) is 5.85. The van der Waals surface area contributed by atoms with Crippen LogP contribution in [-0.2, 0) is 6.42 Å². The Hall–Kier alpha value is -1.40. The molecule has 0 radical (unpaired) electrons. The van der Waals surface area contributed by atoms with Crippen molar-refractivity contribution in [3.8, 4) is 0 Å². The molecule has 0 saturated carbocycles. The van der Waals surface area contributed by atoms with Crippen LogP contribution in [0.3, 0.4) is 0 Å². The van der Waals surface area contributed by atoms with E-state index in [9.17, 15) is 4.79 Å². The van der Waals surface area contributed by atoms with Gasteiger partial charge >= 0.3 is 0 Å². The number of furan rings is 1. The van der Waals surface area contributed by atoms with E-state index >= 15 is 0 Å². The Morgan fingerprint density at radius 1 is 1.04 bits per heavy atom. The molecule has 2 aromatic rings. The molecule has 0 saturated heterocycles. The van der Waals surface area contributed by atoms with E-state index in [-0.39, 0.29) is 5.78 Å². The minimum absolute atomic E-state index is 0.00953. The Morgan fingerprint density at radius 2 is 1.62 bits per heavy atom. The summed E-state index contributed by atoms with van der Waals surface area (Å²) in [5, 5.41) is 3.36. The zero-order valence-electron chi connectivity index (χ0n) is 15.7. The van der Waals surface area contributed by atoms with Crippen LogP contribution >= 0.6 is 0 Å². The van der Waals surface area contributed by atoms with E-state index in [1.807, 2.05) is 6.07 Å². The normalized spacial score (nSPS) is 18.2. The van der Waals surface area contributed by atoms with Crippen molar-refractivity contribution < 1.29 is 9.21 Å². The number of aryl methyl sites for hydroxylation is 1. The molecule has 1 aliphatic heterocycles. The Bertz CT molecular complexity index is 800. The van der Waals surface area contributed by atoms with Gasteiger partial charge in [0.2, 0.25) is 0 Å². The summed E-state index contributed by atoms with van der Waals surface area (Å²) in [4.78, 5) is 11.4. The van der Waals surface area contributed by atoms with E-state index in [0.717, 1.165) is 12.2 Å². The number of Topliss-reactive ketones (excluding diaryl/α,β-unsaturated/α-hetero) is 1. The van der Waals surface area contributed by atoms with E-state index in [0.29, 0.717) is 5.76 Å². The average molecular weight is 357 g/mol. The van der Waals surface area contributed by atoms with E-state index in [2.05, 4.69) is 45.2 Å². The number of carbonyl (C=O) groups is 1. The second-order valence-corrected chi connectivity index (χ2v) is 18.2. The first-order chi connectivity index (χ1) is 11.1. The Labute approximate surface area is 147 Å². The lowest BCUT2D eigenvalue weighted by Crippen LogP contribution is -2.63. The highest BCUT2D eigenvalue weighted by Gasteiger charge is 2.39. The molecule has 3 rings (SSSR count).